The van der Waals surface area contributed by atoms with Crippen LogP contribution in [-0.2, 0) is 6.54 Å². The molecule has 0 unspecified atom stereocenters. The van der Waals surface area contributed by atoms with Crippen molar-refractivity contribution in [3.63, 3.8) is 0 Å². The summed E-state index contributed by atoms with van der Waals surface area (Å²) < 4.78 is 36.5. The Labute approximate surface area is 193 Å². The second-order valence-electron chi connectivity index (χ2n) is 7.17. The predicted molar refractivity (Wildman–Crippen MR) is 122 cm³/mol. The van der Waals surface area contributed by atoms with Crippen molar-refractivity contribution in [1.29, 1.82) is 0 Å². The molecule has 2 aromatic heterocycles. The van der Waals surface area contributed by atoms with E-state index in [2.05, 4.69) is 4.74 Å². The number of para-hydroxylation sites is 1. The molecular weight excluding hydrogens is 448 g/mol. The van der Waals surface area contributed by atoms with Crippen LogP contribution < -0.4 is 9.47 Å². The molecule has 0 aliphatic rings. The Morgan fingerprint density at radius 2 is 1.91 bits per heavy atom. The minimum atomic E-state index is -2.99. The zero-order valence-electron chi connectivity index (χ0n) is 17.9. The molecule has 4 rings (SSSR count). The molecular formula is C24H21F2N3O3S. The smallest absolute Gasteiger partial charge is 0.387 e. The lowest BCUT2D eigenvalue weighted by atomic mass is 10.1. The number of hydrogen-bond acceptors (Lipinski definition) is 5. The standard InChI is InChI=1S/C24H21F2N3O3S/c1-28(23(30)16-10-11-19(32-24(25)26)20(13-16)31-2)14-17-15-29(18-7-4-3-5-8-18)27-22(17)21-9-6-12-33-21/h3-13,15,24H,14H2,1-2H3. The number of hydrogen-bond donors (Lipinski definition) is 0. The highest BCUT2D eigenvalue weighted by molar-refractivity contribution is 7.13. The van der Waals surface area contributed by atoms with Gasteiger partial charge in [0.25, 0.3) is 5.91 Å². The number of methoxy groups -OCH3 is 1. The number of carbonyl (C=O) groups is 1. The molecule has 0 N–H and O–H groups in total. The quantitative estimate of drug-likeness (QED) is 0.343. The van der Waals surface area contributed by atoms with E-state index in [4.69, 9.17) is 9.84 Å². The number of aromatic nitrogens is 2. The molecule has 170 valence electrons. The van der Waals surface area contributed by atoms with E-state index in [0.29, 0.717) is 12.1 Å². The van der Waals surface area contributed by atoms with Gasteiger partial charge in [-0.05, 0) is 41.8 Å². The number of nitrogens with zero attached hydrogens (tertiary/aromatic N) is 3. The van der Waals surface area contributed by atoms with Crippen LogP contribution in [0.2, 0.25) is 0 Å². The Hall–Kier alpha value is -3.72. The first kappa shape index (κ1) is 22.5. The Bertz CT molecular complexity index is 1230. The van der Waals surface area contributed by atoms with E-state index in [1.807, 2.05) is 54.0 Å². The van der Waals surface area contributed by atoms with Crippen molar-refractivity contribution in [2.45, 2.75) is 13.2 Å². The van der Waals surface area contributed by atoms with Gasteiger partial charge in [-0.1, -0.05) is 24.3 Å². The van der Waals surface area contributed by atoms with E-state index in [9.17, 15) is 13.6 Å². The first-order valence-electron chi connectivity index (χ1n) is 10.0. The van der Waals surface area contributed by atoms with Crippen LogP contribution in [0.15, 0.2) is 72.2 Å². The summed E-state index contributed by atoms with van der Waals surface area (Å²) in [5.74, 6) is -0.358. The highest BCUT2D eigenvalue weighted by Crippen LogP contribution is 2.31. The number of benzene rings is 2. The summed E-state index contributed by atoms with van der Waals surface area (Å²) in [4.78, 5) is 15.6. The molecule has 0 saturated carbocycles. The molecule has 1 amide bonds. The van der Waals surface area contributed by atoms with E-state index >= 15 is 0 Å². The summed E-state index contributed by atoms with van der Waals surface area (Å²) in [7, 11) is 3.01. The molecule has 0 saturated heterocycles. The van der Waals surface area contributed by atoms with Crippen LogP contribution >= 0.6 is 11.3 Å². The maximum absolute atomic E-state index is 13.1. The summed E-state index contributed by atoms with van der Waals surface area (Å²) in [6, 6.07) is 17.8. The number of thiophene rings is 1. The van der Waals surface area contributed by atoms with Gasteiger partial charge in [-0.25, -0.2) is 4.68 Å². The number of alkyl halides is 2. The van der Waals surface area contributed by atoms with Crippen molar-refractivity contribution >= 4 is 17.2 Å². The van der Waals surface area contributed by atoms with Gasteiger partial charge in [0.2, 0.25) is 0 Å². The third kappa shape index (κ3) is 5.04. The SMILES string of the molecule is COc1cc(C(=O)N(C)Cc2cn(-c3ccccc3)nc2-c2cccs2)ccc1OC(F)F. The lowest BCUT2D eigenvalue weighted by molar-refractivity contribution is -0.0512. The molecule has 0 spiro atoms. The van der Waals surface area contributed by atoms with E-state index in [1.54, 1.807) is 28.0 Å². The average molecular weight is 470 g/mol. The van der Waals surface area contributed by atoms with E-state index in [-0.39, 0.29) is 17.4 Å². The molecule has 0 aliphatic heterocycles. The third-order valence-corrected chi connectivity index (χ3v) is 5.82. The number of rotatable bonds is 8. The van der Waals surface area contributed by atoms with Crippen molar-refractivity contribution in [3.8, 4) is 27.8 Å². The molecule has 9 heteroatoms. The van der Waals surface area contributed by atoms with Crippen LogP contribution in [-0.4, -0.2) is 41.4 Å². The number of ether oxygens (including phenoxy) is 2. The van der Waals surface area contributed by atoms with Gasteiger partial charge in [-0.2, -0.15) is 13.9 Å². The maximum atomic E-state index is 13.1. The monoisotopic (exact) mass is 469 g/mol. The zero-order valence-corrected chi connectivity index (χ0v) is 18.8. The Morgan fingerprint density at radius 1 is 1.12 bits per heavy atom. The molecule has 6 nitrogen and oxygen atoms in total. The fourth-order valence-corrected chi connectivity index (χ4v) is 4.15. The molecule has 33 heavy (non-hydrogen) atoms. The summed E-state index contributed by atoms with van der Waals surface area (Å²) in [5.41, 5.74) is 2.88. The average Bonchev–Trinajstić information content (AvgIpc) is 3.49. The second kappa shape index (κ2) is 9.83. The van der Waals surface area contributed by atoms with Crippen LogP contribution in [0.25, 0.3) is 16.3 Å². The largest absolute Gasteiger partial charge is 0.493 e. The minimum absolute atomic E-state index is 0.0609. The van der Waals surface area contributed by atoms with Crippen molar-refractivity contribution in [1.82, 2.24) is 14.7 Å². The van der Waals surface area contributed by atoms with E-state index < -0.39 is 6.61 Å². The summed E-state index contributed by atoms with van der Waals surface area (Å²) in [6.07, 6.45) is 1.91. The first-order chi connectivity index (χ1) is 16.0. The molecule has 0 radical (unpaired) electrons. The number of carbonyl (C=O) groups excluding carboxylic acids is 1. The Kier molecular flexibility index (Phi) is 6.69. The van der Waals surface area contributed by atoms with Crippen molar-refractivity contribution in [2.75, 3.05) is 14.2 Å². The van der Waals surface area contributed by atoms with Gasteiger partial charge < -0.3 is 14.4 Å². The van der Waals surface area contributed by atoms with Crippen LogP contribution in [0.4, 0.5) is 8.78 Å². The number of amides is 1. The van der Waals surface area contributed by atoms with E-state index in [1.165, 1.54) is 25.3 Å². The highest BCUT2D eigenvalue weighted by Gasteiger charge is 2.20. The molecule has 0 aliphatic carbocycles. The third-order valence-electron chi connectivity index (χ3n) is 4.95. The van der Waals surface area contributed by atoms with Crippen LogP contribution in [0.3, 0.4) is 0 Å². The van der Waals surface area contributed by atoms with Crippen molar-refractivity contribution < 1.29 is 23.0 Å². The van der Waals surface area contributed by atoms with E-state index in [0.717, 1.165) is 21.8 Å². The van der Waals surface area contributed by atoms with Crippen LogP contribution in [0, 0.1) is 0 Å². The van der Waals surface area contributed by atoms with Gasteiger partial charge in [-0.15, -0.1) is 11.3 Å². The minimum Gasteiger partial charge on any atom is -0.493 e. The zero-order chi connectivity index (χ0) is 23.4. The Morgan fingerprint density at radius 3 is 2.58 bits per heavy atom. The predicted octanol–water partition coefficient (Wildman–Crippen LogP) is 5.48. The summed E-state index contributed by atoms with van der Waals surface area (Å²) in [6.45, 7) is -2.68. The van der Waals surface area contributed by atoms with Gasteiger partial charge in [-0.3, -0.25) is 4.79 Å². The van der Waals surface area contributed by atoms with Crippen molar-refractivity contribution in [2.24, 2.45) is 0 Å². The summed E-state index contributed by atoms with van der Waals surface area (Å²) >= 11 is 1.57. The lowest BCUT2D eigenvalue weighted by Gasteiger charge is -2.18. The van der Waals surface area contributed by atoms with Gasteiger partial charge in [0, 0.05) is 30.9 Å². The molecule has 0 atom stereocenters. The molecule has 2 aromatic carbocycles. The second-order valence-corrected chi connectivity index (χ2v) is 8.11. The molecule has 2 heterocycles. The van der Waals surface area contributed by atoms with Crippen LogP contribution in [0.5, 0.6) is 11.5 Å². The maximum Gasteiger partial charge on any atom is 0.387 e. The van der Waals surface area contributed by atoms with Gasteiger partial charge in [0.05, 0.1) is 17.7 Å². The molecule has 0 fully saturated rings. The van der Waals surface area contributed by atoms with Gasteiger partial charge in [0.1, 0.15) is 5.69 Å². The molecule has 4 aromatic rings. The molecule has 0 bridgehead atoms. The topological polar surface area (TPSA) is 56.6 Å². The van der Waals surface area contributed by atoms with Crippen molar-refractivity contribution in [3.05, 3.63) is 83.4 Å². The van der Waals surface area contributed by atoms with Gasteiger partial charge in [0.15, 0.2) is 11.5 Å². The first-order valence-corrected chi connectivity index (χ1v) is 10.9. The fourth-order valence-electron chi connectivity index (χ4n) is 3.40. The normalized spacial score (nSPS) is 10.9. The highest BCUT2D eigenvalue weighted by atomic mass is 32.1. The fraction of sp³-hybridized carbons (Fsp3) is 0.167. The summed E-state index contributed by atoms with van der Waals surface area (Å²) in [5, 5.41) is 6.73. The lowest BCUT2D eigenvalue weighted by Crippen LogP contribution is -2.26. The Balaban J connectivity index is 1.61. The van der Waals surface area contributed by atoms with Crippen LogP contribution in [0.1, 0.15) is 15.9 Å². The van der Waals surface area contributed by atoms with Gasteiger partial charge >= 0.3 is 6.61 Å². The number of halogens is 2.